The van der Waals surface area contributed by atoms with Gasteiger partial charge in [-0.05, 0) is 30.3 Å². The summed E-state index contributed by atoms with van der Waals surface area (Å²) in [5.41, 5.74) is 1.65. The molecule has 4 nitrogen and oxygen atoms in total. The number of hydrogen-bond acceptors (Lipinski definition) is 3. The molecule has 1 aromatic carbocycles. The van der Waals surface area contributed by atoms with Crippen LogP contribution in [-0.4, -0.2) is 14.5 Å². The van der Waals surface area contributed by atoms with Crippen LogP contribution in [0.2, 0.25) is 0 Å². The Kier molecular flexibility index (Phi) is 2.44. The molecule has 3 aromatic rings. The Morgan fingerprint density at radius 2 is 1.89 bits per heavy atom. The largest absolute Gasteiger partial charge is 0.340 e. The monoisotopic (exact) mass is 242 g/mol. The highest BCUT2D eigenvalue weighted by Crippen LogP contribution is 2.23. The summed E-state index contributed by atoms with van der Waals surface area (Å²) in [6, 6.07) is 8.11. The van der Waals surface area contributed by atoms with Crippen molar-refractivity contribution in [3.8, 4) is 0 Å². The minimum Gasteiger partial charge on any atom is -0.340 e. The molecule has 90 valence electrons. The minimum absolute atomic E-state index is 0.256. The van der Waals surface area contributed by atoms with Crippen LogP contribution in [0.5, 0.6) is 0 Å². The Hall–Kier alpha value is -2.43. The second-order valence-electron chi connectivity index (χ2n) is 4.02. The van der Waals surface area contributed by atoms with E-state index in [9.17, 15) is 4.39 Å². The molecule has 0 bridgehead atoms. The van der Waals surface area contributed by atoms with Crippen LogP contribution in [0.1, 0.15) is 0 Å². The van der Waals surface area contributed by atoms with Crippen molar-refractivity contribution in [2.75, 3.05) is 5.32 Å². The third kappa shape index (κ3) is 1.79. The number of halogens is 1. The molecular weight excluding hydrogens is 231 g/mol. The normalized spacial score (nSPS) is 10.8. The molecule has 0 saturated carbocycles. The smallest absolute Gasteiger partial charge is 0.145 e. The summed E-state index contributed by atoms with van der Waals surface area (Å²) in [6.07, 6.45) is 3.43. The van der Waals surface area contributed by atoms with Gasteiger partial charge < -0.3 is 9.88 Å². The Labute approximate surface area is 103 Å². The number of aryl methyl sites for hydroxylation is 1. The van der Waals surface area contributed by atoms with Crippen LogP contribution >= 0.6 is 0 Å². The number of aromatic nitrogens is 3. The first-order valence-electron chi connectivity index (χ1n) is 5.52. The van der Waals surface area contributed by atoms with E-state index in [1.54, 1.807) is 12.1 Å². The molecule has 2 aromatic heterocycles. The lowest BCUT2D eigenvalue weighted by Crippen LogP contribution is -1.96. The van der Waals surface area contributed by atoms with Crippen molar-refractivity contribution in [1.29, 1.82) is 0 Å². The average Bonchev–Trinajstić information content (AvgIpc) is 2.76. The van der Waals surface area contributed by atoms with Gasteiger partial charge in [0.25, 0.3) is 0 Å². The second kappa shape index (κ2) is 4.10. The summed E-state index contributed by atoms with van der Waals surface area (Å²) >= 11 is 0. The van der Waals surface area contributed by atoms with Gasteiger partial charge in [-0.15, -0.1) is 0 Å². The van der Waals surface area contributed by atoms with E-state index in [0.717, 1.165) is 16.7 Å². The summed E-state index contributed by atoms with van der Waals surface area (Å²) in [6.45, 7) is 0. The maximum Gasteiger partial charge on any atom is 0.145 e. The van der Waals surface area contributed by atoms with Gasteiger partial charge in [-0.25, -0.2) is 14.4 Å². The summed E-state index contributed by atoms with van der Waals surface area (Å²) in [4.78, 5) is 8.42. The van der Waals surface area contributed by atoms with Crippen molar-refractivity contribution in [1.82, 2.24) is 14.5 Å². The molecule has 0 aliphatic rings. The summed E-state index contributed by atoms with van der Waals surface area (Å²) < 4.78 is 14.7. The molecule has 5 heteroatoms. The number of fused-ring (bicyclic) bond motifs is 1. The quantitative estimate of drug-likeness (QED) is 0.751. The fourth-order valence-corrected chi connectivity index (χ4v) is 1.85. The Morgan fingerprint density at radius 3 is 2.67 bits per heavy atom. The van der Waals surface area contributed by atoms with E-state index in [-0.39, 0.29) is 5.82 Å². The summed E-state index contributed by atoms with van der Waals surface area (Å²) in [7, 11) is 1.93. The van der Waals surface area contributed by atoms with E-state index >= 15 is 0 Å². The molecule has 0 amide bonds. The molecule has 18 heavy (non-hydrogen) atoms. The van der Waals surface area contributed by atoms with Crippen molar-refractivity contribution >= 4 is 22.5 Å². The molecule has 0 atom stereocenters. The number of rotatable bonds is 2. The molecule has 0 spiro atoms. The number of anilines is 2. The van der Waals surface area contributed by atoms with Crippen molar-refractivity contribution in [2.24, 2.45) is 7.05 Å². The van der Waals surface area contributed by atoms with Crippen LogP contribution in [0.4, 0.5) is 15.9 Å². The number of nitrogens with one attached hydrogen (secondary N) is 1. The highest BCUT2D eigenvalue weighted by molar-refractivity contribution is 5.89. The Morgan fingerprint density at radius 1 is 1.11 bits per heavy atom. The van der Waals surface area contributed by atoms with Crippen LogP contribution in [-0.2, 0) is 7.05 Å². The predicted molar refractivity (Wildman–Crippen MR) is 68.2 cm³/mol. The molecule has 0 saturated heterocycles. The molecule has 0 fully saturated rings. The predicted octanol–water partition coefficient (Wildman–Crippen LogP) is 2.85. The number of hydrogen-bond donors (Lipinski definition) is 1. The zero-order valence-corrected chi connectivity index (χ0v) is 9.76. The van der Waals surface area contributed by atoms with Gasteiger partial charge in [0.1, 0.15) is 23.6 Å². The third-order valence-electron chi connectivity index (χ3n) is 2.77. The van der Waals surface area contributed by atoms with Crippen molar-refractivity contribution in [3.63, 3.8) is 0 Å². The Bertz CT molecular complexity index is 688. The molecule has 0 aliphatic carbocycles. The van der Waals surface area contributed by atoms with E-state index in [0.29, 0.717) is 5.82 Å². The van der Waals surface area contributed by atoms with Gasteiger partial charge in [-0.3, -0.25) is 0 Å². The van der Waals surface area contributed by atoms with Crippen LogP contribution in [0, 0.1) is 5.82 Å². The second-order valence-corrected chi connectivity index (χ2v) is 4.02. The molecule has 3 rings (SSSR count). The summed E-state index contributed by atoms with van der Waals surface area (Å²) in [5, 5.41) is 4.09. The van der Waals surface area contributed by atoms with Crippen molar-refractivity contribution < 1.29 is 4.39 Å². The van der Waals surface area contributed by atoms with Gasteiger partial charge in [0.15, 0.2) is 0 Å². The molecule has 0 aliphatic heterocycles. The van der Waals surface area contributed by atoms with Crippen molar-refractivity contribution in [2.45, 2.75) is 0 Å². The molecule has 2 heterocycles. The summed E-state index contributed by atoms with van der Waals surface area (Å²) in [5.74, 6) is 0.459. The van der Waals surface area contributed by atoms with Crippen LogP contribution in [0.25, 0.3) is 11.0 Å². The van der Waals surface area contributed by atoms with E-state index in [4.69, 9.17) is 0 Å². The van der Waals surface area contributed by atoms with Gasteiger partial charge >= 0.3 is 0 Å². The van der Waals surface area contributed by atoms with Gasteiger partial charge in [0.2, 0.25) is 0 Å². The van der Waals surface area contributed by atoms with Crippen LogP contribution < -0.4 is 5.32 Å². The standard InChI is InChI=1S/C13H11FN4/c1-18-7-6-11-12(15-8-16-13(11)18)17-10-4-2-9(14)3-5-10/h2-8H,1H3,(H,15,16,17). The lowest BCUT2D eigenvalue weighted by Gasteiger charge is -2.06. The first kappa shape index (κ1) is 10.7. The van der Waals surface area contributed by atoms with E-state index in [1.807, 2.05) is 23.9 Å². The highest BCUT2D eigenvalue weighted by atomic mass is 19.1. The van der Waals surface area contributed by atoms with E-state index in [1.165, 1.54) is 18.5 Å². The van der Waals surface area contributed by atoms with Gasteiger partial charge in [-0.2, -0.15) is 0 Å². The maximum absolute atomic E-state index is 12.8. The first-order valence-corrected chi connectivity index (χ1v) is 5.52. The fraction of sp³-hybridized carbons (Fsp3) is 0.0769. The topological polar surface area (TPSA) is 42.7 Å². The van der Waals surface area contributed by atoms with Crippen LogP contribution in [0.15, 0.2) is 42.9 Å². The van der Waals surface area contributed by atoms with E-state index in [2.05, 4.69) is 15.3 Å². The fourth-order valence-electron chi connectivity index (χ4n) is 1.85. The third-order valence-corrected chi connectivity index (χ3v) is 2.77. The SMILES string of the molecule is Cn1ccc2c(Nc3ccc(F)cc3)ncnc21. The van der Waals surface area contributed by atoms with Crippen LogP contribution in [0.3, 0.4) is 0 Å². The average molecular weight is 242 g/mol. The first-order chi connectivity index (χ1) is 8.74. The maximum atomic E-state index is 12.8. The molecule has 1 N–H and O–H groups in total. The Balaban J connectivity index is 2.02. The lowest BCUT2D eigenvalue weighted by atomic mass is 10.3. The van der Waals surface area contributed by atoms with E-state index < -0.39 is 0 Å². The molecule has 0 unspecified atom stereocenters. The lowest BCUT2D eigenvalue weighted by molar-refractivity contribution is 0.628. The number of benzene rings is 1. The van der Waals surface area contributed by atoms with Gasteiger partial charge in [0.05, 0.1) is 5.39 Å². The zero-order chi connectivity index (χ0) is 12.5. The van der Waals surface area contributed by atoms with Crippen molar-refractivity contribution in [3.05, 3.63) is 48.7 Å². The zero-order valence-electron chi connectivity index (χ0n) is 9.76. The molecular formula is C13H11FN4. The minimum atomic E-state index is -0.256. The van der Waals surface area contributed by atoms with Gasteiger partial charge in [-0.1, -0.05) is 0 Å². The van der Waals surface area contributed by atoms with Gasteiger partial charge in [0, 0.05) is 18.9 Å². The molecule has 0 radical (unpaired) electrons. The number of nitrogens with zero attached hydrogens (tertiary/aromatic N) is 3. The highest BCUT2D eigenvalue weighted by Gasteiger charge is 2.06.